The highest BCUT2D eigenvalue weighted by molar-refractivity contribution is 7.82. The van der Waals surface area contributed by atoms with Crippen LogP contribution in [0.3, 0.4) is 0 Å². The molecular formula is C9H15N3S2. The lowest BCUT2D eigenvalue weighted by atomic mass is 9.87. The summed E-state index contributed by atoms with van der Waals surface area (Å²) in [6.45, 7) is 2.18. The average Bonchev–Trinajstić information content (AvgIpc) is 2.36. The number of hydrogen-bond acceptors (Lipinski definition) is 3. The second-order valence-electron chi connectivity index (χ2n) is 4.15. The molecule has 0 bridgehead atoms. The van der Waals surface area contributed by atoms with Gasteiger partial charge in [0.1, 0.15) is 4.99 Å². The Morgan fingerprint density at radius 3 is 2.21 bits per heavy atom. The molecule has 14 heavy (non-hydrogen) atoms. The van der Waals surface area contributed by atoms with E-state index in [1.54, 1.807) is 0 Å². The molecule has 1 spiro atoms. The SMILES string of the molecule is CN1CCC2(CC1)C(=S)NC(=S)N2C. The van der Waals surface area contributed by atoms with Gasteiger partial charge in [0.05, 0.1) is 5.54 Å². The molecule has 1 N–H and O–H groups in total. The molecule has 0 unspecified atom stereocenters. The maximum absolute atomic E-state index is 5.39. The zero-order chi connectivity index (χ0) is 10.3. The lowest BCUT2D eigenvalue weighted by Gasteiger charge is -2.41. The molecule has 2 fully saturated rings. The maximum Gasteiger partial charge on any atom is 0.174 e. The van der Waals surface area contributed by atoms with E-state index in [2.05, 4.69) is 22.2 Å². The molecule has 0 aliphatic carbocycles. The summed E-state index contributed by atoms with van der Waals surface area (Å²) >= 11 is 10.6. The summed E-state index contributed by atoms with van der Waals surface area (Å²) in [5.74, 6) is 0. The average molecular weight is 229 g/mol. The molecule has 0 aromatic heterocycles. The number of piperidine rings is 1. The topological polar surface area (TPSA) is 18.5 Å². The molecule has 2 aliphatic heterocycles. The van der Waals surface area contributed by atoms with Crippen LogP contribution >= 0.6 is 24.4 Å². The van der Waals surface area contributed by atoms with E-state index < -0.39 is 0 Å². The zero-order valence-electron chi connectivity index (χ0n) is 8.54. The summed E-state index contributed by atoms with van der Waals surface area (Å²) in [7, 11) is 4.19. The van der Waals surface area contributed by atoms with Crippen molar-refractivity contribution in [2.45, 2.75) is 18.4 Å². The lowest BCUT2D eigenvalue weighted by Crippen LogP contribution is -2.54. The van der Waals surface area contributed by atoms with E-state index in [1.165, 1.54) is 0 Å². The third-order valence-corrected chi connectivity index (χ3v) is 4.26. The minimum absolute atomic E-state index is 0.0128. The normalized spacial score (nSPS) is 27.1. The highest BCUT2D eigenvalue weighted by Crippen LogP contribution is 2.32. The number of hydrogen-bond donors (Lipinski definition) is 1. The second kappa shape index (κ2) is 3.40. The predicted octanol–water partition coefficient (Wildman–Crippen LogP) is 0.598. The van der Waals surface area contributed by atoms with Crippen LogP contribution in [-0.2, 0) is 0 Å². The number of thiocarbonyl (C=S) groups is 2. The molecule has 5 heteroatoms. The minimum Gasteiger partial charge on any atom is -0.340 e. The molecule has 78 valence electrons. The van der Waals surface area contributed by atoms with E-state index in [9.17, 15) is 0 Å². The second-order valence-corrected chi connectivity index (χ2v) is 4.95. The van der Waals surface area contributed by atoms with Gasteiger partial charge in [0.25, 0.3) is 0 Å². The van der Waals surface area contributed by atoms with Crippen molar-refractivity contribution >= 4 is 34.5 Å². The Kier molecular flexibility index (Phi) is 2.49. The van der Waals surface area contributed by atoms with Gasteiger partial charge < -0.3 is 15.1 Å². The van der Waals surface area contributed by atoms with Crippen LogP contribution in [0.2, 0.25) is 0 Å². The van der Waals surface area contributed by atoms with E-state index in [0.717, 1.165) is 36.0 Å². The molecule has 2 heterocycles. The standard InChI is InChI=1S/C9H15N3S2/c1-11-5-3-9(4-6-11)7(13)10-8(14)12(9)2/h3-6H2,1-2H3,(H,10,13,14). The minimum atomic E-state index is 0.0128. The largest absolute Gasteiger partial charge is 0.340 e. The predicted molar refractivity (Wildman–Crippen MR) is 65.6 cm³/mol. The molecule has 2 rings (SSSR count). The van der Waals surface area contributed by atoms with Gasteiger partial charge in [-0.25, -0.2) is 0 Å². The first-order valence-corrected chi connectivity index (χ1v) is 5.66. The summed E-state index contributed by atoms with van der Waals surface area (Å²) in [5.41, 5.74) is 0.0128. The van der Waals surface area contributed by atoms with Gasteiger partial charge in [0, 0.05) is 20.1 Å². The fourth-order valence-electron chi connectivity index (χ4n) is 2.19. The molecule has 2 saturated heterocycles. The van der Waals surface area contributed by atoms with Crippen LogP contribution in [0.25, 0.3) is 0 Å². The Balaban J connectivity index is 2.22. The monoisotopic (exact) mass is 229 g/mol. The van der Waals surface area contributed by atoms with Gasteiger partial charge in [-0.1, -0.05) is 12.2 Å². The summed E-state index contributed by atoms with van der Waals surface area (Å²) in [5, 5.41) is 3.89. The van der Waals surface area contributed by atoms with Gasteiger partial charge in [-0.05, 0) is 32.1 Å². The van der Waals surface area contributed by atoms with Gasteiger partial charge in [-0.3, -0.25) is 0 Å². The van der Waals surface area contributed by atoms with Crippen LogP contribution in [0.1, 0.15) is 12.8 Å². The smallest absolute Gasteiger partial charge is 0.174 e. The van der Waals surface area contributed by atoms with Crippen molar-refractivity contribution in [3.05, 3.63) is 0 Å². The van der Waals surface area contributed by atoms with Crippen LogP contribution < -0.4 is 5.32 Å². The summed E-state index contributed by atoms with van der Waals surface area (Å²) < 4.78 is 0. The Labute approximate surface area is 95.4 Å². The molecule has 2 aliphatic rings. The van der Waals surface area contributed by atoms with Crippen molar-refractivity contribution in [3.8, 4) is 0 Å². The Morgan fingerprint density at radius 1 is 1.21 bits per heavy atom. The van der Waals surface area contributed by atoms with Crippen LogP contribution in [-0.4, -0.2) is 52.6 Å². The quantitative estimate of drug-likeness (QED) is 0.611. The van der Waals surface area contributed by atoms with E-state index in [-0.39, 0.29) is 5.54 Å². The van der Waals surface area contributed by atoms with E-state index >= 15 is 0 Å². The number of rotatable bonds is 0. The number of nitrogens with zero attached hydrogens (tertiary/aromatic N) is 2. The van der Waals surface area contributed by atoms with E-state index in [0.29, 0.717) is 0 Å². The lowest BCUT2D eigenvalue weighted by molar-refractivity contribution is 0.161. The molecule has 0 amide bonds. The molecule has 0 atom stereocenters. The van der Waals surface area contributed by atoms with Crippen LogP contribution in [0.5, 0.6) is 0 Å². The van der Waals surface area contributed by atoms with Gasteiger partial charge >= 0.3 is 0 Å². The van der Waals surface area contributed by atoms with Gasteiger partial charge in [-0.2, -0.15) is 0 Å². The van der Waals surface area contributed by atoms with Gasteiger partial charge in [0.15, 0.2) is 5.11 Å². The van der Waals surface area contributed by atoms with E-state index in [4.69, 9.17) is 24.4 Å². The molecule has 0 saturated carbocycles. The van der Waals surface area contributed by atoms with Crippen molar-refractivity contribution in [2.75, 3.05) is 27.2 Å². The molecule has 0 aromatic rings. The van der Waals surface area contributed by atoms with Crippen molar-refractivity contribution in [3.63, 3.8) is 0 Å². The first kappa shape index (κ1) is 10.3. The third kappa shape index (κ3) is 1.34. The van der Waals surface area contributed by atoms with Gasteiger partial charge in [0.2, 0.25) is 0 Å². The highest BCUT2D eigenvalue weighted by Gasteiger charge is 2.47. The molecule has 0 radical (unpaired) electrons. The van der Waals surface area contributed by atoms with Gasteiger partial charge in [-0.15, -0.1) is 0 Å². The number of nitrogens with one attached hydrogen (secondary N) is 1. The van der Waals surface area contributed by atoms with Crippen LogP contribution in [0, 0.1) is 0 Å². The van der Waals surface area contributed by atoms with Crippen molar-refractivity contribution < 1.29 is 0 Å². The maximum atomic E-state index is 5.39. The molecule has 3 nitrogen and oxygen atoms in total. The van der Waals surface area contributed by atoms with Crippen LogP contribution in [0.15, 0.2) is 0 Å². The first-order chi connectivity index (χ1) is 6.56. The molecular weight excluding hydrogens is 214 g/mol. The Hall–Kier alpha value is -0.260. The van der Waals surface area contributed by atoms with E-state index in [1.807, 2.05) is 7.05 Å². The molecule has 0 aromatic carbocycles. The van der Waals surface area contributed by atoms with Crippen molar-refractivity contribution in [1.82, 2.24) is 15.1 Å². The summed E-state index contributed by atoms with van der Waals surface area (Å²) in [4.78, 5) is 5.39. The third-order valence-electron chi connectivity index (χ3n) is 3.40. The number of likely N-dealkylation sites (N-methyl/N-ethyl adjacent to an activating group) is 1. The Bertz CT molecular complexity index is 282. The summed E-state index contributed by atoms with van der Waals surface area (Å²) in [6, 6.07) is 0. The number of likely N-dealkylation sites (tertiary alicyclic amines) is 1. The highest BCUT2D eigenvalue weighted by atomic mass is 32.1. The Morgan fingerprint density at radius 2 is 1.79 bits per heavy atom. The first-order valence-electron chi connectivity index (χ1n) is 4.84. The summed E-state index contributed by atoms with van der Waals surface area (Å²) in [6.07, 6.45) is 2.15. The zero-order valence-corrected chi connectivity index (χ0v) is 10.2. The van der Waals surface area contributed by atoms with Crippen molar-refractivity contribution in [2.24, 2.45) is 0 Å². The van der Waals surface area contributed by atoms with Crippen molar-refractivity contribution in [1.29, 1.82) is 0 Å². The fraction of sp³-hybridized carbons (Fsp3) is 0.778. The van der Waals surface area contributed by atoms with Crippen LogP contribution in [0.4, 0.5) is 0 Å². The fourth-order valence-corrected chi connectivity index (χ4v) is 2.97.